The Kier molecular flexibility index (Phi) is 2.44. The molecule has 3 heteroatoms. The Morgan fingerprint density at radius 3 is 2.58 bits per heavy atom. The molecule has 1 aromatic rings. The molecule has 3 aliphatic carbocycles. The Balaban J connectivity index is 1.60. The summed E-state index contributed by atoms with van der Waals surface area (Å²) in [6.45, 7) is 2.14. The summed E-state index contributed by atoms with van der Waals surface area (Å²) < 4.78 is 0. The van der Waals surface area contributed by atoms with Crippen molar-refractivity contribution >= 4 is 22.9 Å². The number of hydrogen-bond acceptors (Lipinski definition) is 2. The van der Waals surface area contributed by atoms with E-state index < -0.39 is 0 Å². The van der Waals surface area contributed by atoms with Crippen molar-refractivity contribution < 1.29 is 0 Å². The third-order valence-electron chi connectivity index (χ3n) is 5.58. The van der Waals surface area contributed by atoms with E-state index in [9.17, 15) is 0 Å². The molecule has 0 heterocycles. The minimum atomic E-state index is 0.500. The van der Waals surface area contributed by atoms with Crippen LogP contribution in [0.4, 0.5) is 5.69 Å². The number of thiocarbonyl (C=S) groups is 1. The normalized spacial score (nSPS) is 38.1. The summed E-state index contributed by atoms with van der Waals surface area (Å²) >= 11 is 5.18. The van der Waals surface area contributed by atoms with Crippen molar-refractivity contribution in [3.8, 4) is 0 Å². The zero-order valence-corrected chi connectivity index (χ0v) is 12.0. The lowest BCUT2D eigenvalue weighted by Gasteiger charge is -2.17. The average molecular weight is 272 g/mol. The van der Waals surface area contributed by atoms with Crippen LogP contribution in [-0.4, -0.2) is 11.0 Å². The van der Waals surface area contributed by atoms with E-state index >= 15 is 0 Å². The van der Waals surface area contributed by atoms with Crippen molar-refractivity contribution in [2.75, 3.05) is 5.32 Å². The molecule has 2 nitrogen and oxygen atoms in total. The SMILES string of the molecule is Cc1cccc(C(N)=S)c1NC1C2C3CCC(C3)C12. The Labute approximate surface area is 119 Å². The van der Waals surface area contributed by atoms with Crippen LogP contribution in [0.15, 0.2) is 18.2 Å². The van der Waals surface area contributed by atoms with E-state index in [1.807, 2.05) is 12.1 Å². The van der Waals surface area contributed by atoms with Crippen molar-refractivity contribution in [3.05, 3.63) is 29.3 Å². The first-order valence-corrected chi connectivity index (χ1v) is 7.73. The molecule has 4 unspecified atom stereocenters. The van der Waals surface area contributed by atoms with Gasteiger partial charge >= 0.3 is 0 Å². The predicted molar refractivity (Wildman–Crippen MR) is 82.3 cm³/mol. The lowest BCUT2D eigenvalue weighted by molar-refractivity contribution is 0.456. The smallest absolute Gasteiger partial charge is 0.106 e. The standard InChI is InChI=1S/C16H20N2S/c1-8-3-2-4-11(16(17)19)14(8)18-15-12-9-5-6-10(7-9)13(12)15/h2-4,9-10,12-13,15,18H,5-7H2,1H3,(H2,17,19). The van der Waals surface area contributed by atoms with Crippen LogP contribution >= 0.6 is 12.2 Å². The number of anilines is 1. The van der Waals surface area contributed by atoms with E-state index in [-0.39, 0.29) is 0 Å². The van der Waals surface area contributed by atoms with Gasteiger partial charge in [-0.2, -0.15) is 0 Å². The highest BCUT2D eigenvalue weighted by atomic mass is 32.1. The molecule has 0 spiro atoms. The summed E-state index contributed by atoms with van der Waals surface area (Å²) in [5.74, 6) is 3.84. The molecule has 0 aromatic heterocycles. The fourth-order valence-electron chi connectivity index (χ4n) is 4.75. The van der Waals surface area contributed by atoms with Crippen molar-refractivity contribution in [2.24, 2.45) is 29.4 Å². The van der Waals surface area contributed by atoms with Gasteiger partial charge in [-0.1, -0.05) is 24.4 Å². The van der Waals surface area contributed by atoms with Crippen LogP contribution in [0.3, 0.4) is 0 Å². The largest absolute Gasteiger partial charge is 0.389 e. The number of nitrogens with one attached hydrogen (secondary N) is 1. The Bertz CT molecular complexity index is 538. The van der Waals surface area contributed by atoms with E-state index in [2.05, 4.69) is 18.3 Å². The first-order chi connectivity index (χ1) is 9.16. The topological polar surface area (TPSA) is 38.0 Å². The quantitative estimate of drug-likeness (QED) is 0.830. The number of nitrogens with two attached hydrogens (primary N) is 1. The third kappa shape index (κ3) is 1.64. The number of benzene rings is 1. The number of fused-ring (bicyclic) bond motifs is 5. The molecule has 0 aliphatic heterocycles. The van der Waals surface area contributed by atoms with Gasteiger partial charge < -0.3 is 11.1 Å². The second kappa shape index (κ2) is 3.95. The van der Waals surface area contributed by atoms with Crippen molar-refractivity contribution in [3.63, 3.8) is 0 Å². The van der Waals surface area contributed by atoms with Crippen LogP contribution in [0.1, 0.15) is 30.4 Å². The first-order valence-electron chi connectivity index (χ1n) is 7.33. The molecule has 19 heavy (non-hydrogen) atoms. The second-order valence-corrected chi connectivity index (χ2v) is 6.96. The maximum atomic E-state index is 5.85. The fourth-order valence-corrected chi connectivity index (χ4v) is 4.92. The lowest BCUT2D eigenvalue weighted by atomic mass is 10.0. The van der Waals surface area contributed by atoms with Gasteiger partial charge in [0.25, 0.3) is 0 Å². The van der Waals surface area contributed by atoms with Crippen LogP contribution in [-0.2, 0) is 0 Å². The third-order valence-corrected chi connectivity index (χ3v) is 5.80. The molecule has 3 N–H and O–H groups in total. The highest BCUT2D eigenvalue weighted by Gasteiger charge is 2.65. The molecule has 3 saturated carbocycles. The molecular formula is C16H20N2S. The highest BCUT2D eigenvalue weighted by Crippen LogP contribution is 2.66. The maximum absolute atomic E-state index is 5.85. The summed E-state index contributed by atoms with van der Waals surface area (Å²) in [4.78, 5) is 0.500. The van der Waals surface area contributed by atoms with Crippen molar-refractivity contribution in [2.45, 2.75) is 32.2 Å². The predicted octanol–water partition coefficient (Wildman–Crippen LogP) is 3.09. The van der Waals surface area contributed by atoms with Gasteiger partial charge in [-0.25, -0.2) is 0 Å². The summed E-state index contributed by atoms with van der Waals surface area (Å²) in [6.07, 6.45) is 4.41. The number of hydrogen-bond donors (Lipinski definition) is 2. The minimum Gasteiger partial charge on any atom is -0.389 e. The van der Waals surface area contributed by atoms with Gasteiger partial charge in [0.15, 0.2) is 0 Å². The molecule has 4 atom stereocenters. The van der Waals surface area contributed by atoms with Gasteiger partial charge in [-0.15, -0.1) is 0 Å². The van der Waals surface area contributed by atoms with E-state index in [4.69, 9.17) is 18.0 Å². The monoisotopic (exact) mass is 272 g/mol. The molecule has 4 rings (SSSR count). The number of rotatable bonds is 3. The molecule has 0 saturated heterocycles. The van der Waals surface area contributed by atoms with E-state index in [1.54, 1.807) is 0 Å². The van der Waals surface area contributed by atoms with Gasteiger partial charge in [0, 0.05) is 17.3 Å². The van der Waals surface area contributed by atoms with Gasteiger partial charge in [0.1, 0.15) is 4.99 Å². The van der Waals surface area contributed by atoms with Gasteiger partial charge in [0.2, 0.25) is 0 Å². The molecule has 0 amide bonds. The van der Waals surface area contributed by atoms with Crippen LogP contribution in [0.2, 0.25) is 0 Å². The van der Waals surface area contributed by atoms with Crippen LogP contribution < -0.4 is 11.1 Å². The number of para-hydroxylation sites is 1. The van der Waals surface area contributed by atoms with Gasteiger partial charge in [-0.05, 0) is 61.5 Å². The summed E-state index contributed by atoms with van der Waals surface area (Å²) in [5, 5.41) is 3.77. The van der Waals surface area contributed by atoms with Gasteiger partial charge in [-0.3, -0.25) is 0 Å². The Hall–Kier alpha value is -1.09. The Morgan fingerprint density at radius 1 is 1.26 bits per heavy atom. The molecule has 3 aliphatic rings. The highest BCUT2D eigenvalue weighted by molar-refractivity contribution is 7.80. The molecular weight excluding hydrogens is 252 g/mol. The molecule has 2 bridgehead atoms. The average Bonchev–Trinajstić information content (AvgIpc) is 2.79. The van der Waals surface area contributed by atoms with Crippen molar-refractivity contribution in [1.82, 2.24) is 0 Å². The number of aryl methyl sites for hydroxylation is 1. The minimum absolute atomic E-state index is 0.500. The zero-order valence-electron chi connectivity index (χ0n) is 11.2. The molecule has 0 radical (unpaired) electrons. The lowest BCUT2D eigenvalue weighted by Crippen LogP contribution is -2.18. The first kappa shape index (κ1) is 11.7. The molecule has 1 aromatic carbocycles. The van der Waals surface area contributed by atoms with E-state index in [1.165, 1.54) is 30.5 Å². The fraction of sp³-hybridized carbons (Fsp3) is 0.562. The van der Waals surface area contributed by atoms with E-state index in [0.29, 0.717) is 11.0 Å². The molecule has 100 valence electrons. The van der Waals surface area contributed by atoms with Crippen LogP contribution in [0, 0.1) is 30.6 Å². The molecule has 3 fully saturated rings. The zero-order chi connectivity index (χ0) is 13.1. The van der Waals surface area contributed by atoms with Gasteiger partial charge in [0.05, 0.1) is 0 Å². The van der Waals surface area contributed by atoms with Crippen LogP contribution in [0.25, 0.3) is 0 Å². The Morgan fingerprint density at radius 2 is 1.95 bits per heavy atom. The summed E-state index contributed by atoms with van der Waals surface area (Å²) in [7, 11) is 0. The van der Waals surface area contributed by atoms with Crippen molar-refractivity contribution in [1.29, 1.82) is 0 Å². The summed E-state index contributed by atoms with van der Waals surface area (Å²) in [6, 6.07) is 6.88. The van der Waals surface area contributed by atoms with Crippen LogP contribution in [0.5, 0.6) is 0 Å². The summed E-state index contributed by atoms with van der Waals surface area (Å²) in [5.41, 5.74) is 9.29. The maximum Gasteiger partial charge on any atom is 0.106 e. The second-order valence-electron chi connectivity index (χ2n) is 6.52. The van der Waals surface area contributed by atoms with E-state index in [0.717, 1.165) is 29.2 Å².